The third-order valence-corrected chi connectivity index (χ3v) is 5.60. The highest BCUT2D eigenvalue weighted by atomic mass is 35.5. The Hall–Kier alpha value is -2.57. The van der Waals surface area contributed by atoms with E-state index in [1.165, 1.54) is 0 Å². The van der Waals surface area contributed by atoms with Gasteiger partial charge in [-0.15, -0.1) is 12.4 Å². The van der Waals surface area contributed by atoms with Gasteiger partial charge in [-0.2, -0.15) is 0 Å². The van der Waals surface area contributed by atoms with E-state index in [1.807, 2.05) is 42.2 Å². The molecule has 2 unspecified atom stereocenters. The monoisotopic (exact) mass is 431 g/mol. The van der Waals surface area contributed by atoms with Crippen LogP contribution in [-0.2, 0) is 4.79 Å². The van der Waals surface area contributed by atoms with Gasteiger partial charge in [0.25, 0.3) is 5.91 Å². The van der Waals surface area contributed by atoms with E-state index in [4.69, 9.17) is 10.5 Å². The van der Waals surface area contributed by atoms with Crippen molar-refractivity contribution in [2.75, 3.05) is 20.2 Å². The lowest BCUT2D eigenvalue weighted by Crippen LogP contribution is -2.47. The van der Waals surface area contributed by atoms with Crippen molar-refractivity contribution >= 4 is 24.2 Å². The van der Waals surface area contributed by atoms with Crippen molar-refractivity contribution in [3.63, 3.8) is 0 Å². The molecule has 1 saturated heterocycles. The van der Waals surface area contributed by atoms with Crippen LogP contribution in [0.25, 0.3) is 0 Å². The minimum Gasteiger partial charge on any atom is -0.497 e. The molecule has 2 aromatic carbocycles. The first kappa shape index (κ1) is 23.7. The van der Waals surface area contributed by atoms with Crippen molar-refractivity contribution in [2.45, 2.75) is 31.8 Å². The minimum absolute atomic E-state index is 0. The summed E-state index contributed by atoms with van der Waals surface area (Å²) in [6.45, 7) is 3.34. The molecule has 0 bridgehead atoms. The molecule has 3 rings (SSSR count). The van der Waals surface area contributed by atoms with Crippen molar-refractivity contribution in [3.05, 3.63) is 65.7 Å². The average molecular weight is 432 g/mol. The average Bonchev–Trinajstić information content (AvgIpc) is 2.77. The summed E-state index contributed by atoms with van der Waals surface area (Å²) in [5.74, 6) is 0.735. The summed E-state index contributed by atoms with van der Waals surface area (Å²) in [6.07, 6.45) is 1.77. The number of hydrogen-bond acceptors (Lipinski definition) is 4. The van der Waals surface area contributed by atoms with Gasteiger partial charge in [-0.1, -0.05) is 30.3 Å². The Labute approximate surface area is 184 Å². The third kappa shape index (κ3) is 5.74. The zero-order chi connectivity index (χ0) is 20.8. The molecular weight excluding hydrogens is 402 g/mol. The Bertz CT molecular complexity index is 819. The fourth-order valence-electron chi connectivity index (χ4n) is 3.72. The van der Waals surface area contributed by atoms with Gasteiger partial charge in [0.1, 0.15) is 11.8 Å². The number of rotatable bonds is 6. The standard InChI is InChI=1S/C23H29N3O3.ClH/c1-16(24)17-12-14-26(15-13-17)23(28)21(18-6-4-3-5-7-18)25-22(27)19-8-10-20(29-2)11-9-19;/h3-11,16-17,21H,12-15,24H2,1-2H3,(H,25,27);1H. The molecule has 2 aromatic rings. The minimum atomic E-state index is -0.724. The number of carbonyl (C=O) groups is 2. The molecule has 6 nitrogen and oxygen atoms in total. The highest BCUT2D eigenvalue weighted by molar-refractivity contribution is 5.98. The third-order valence-electron chi connectivity index (χ3n) is 5.60. The molecule has 0 saturated carbocycles. The highest BCUT2D eigenvalue weighted by Crippen LogP contribution is 2.24. The van der Waals surface area contributed by atoms with Gasteiger partial charge in [-0.3, -0.25) is 9.59 Å². The van der Waals surface area contributed by atoms with Crippen molar-refractivity contribution in [1.82, 2.24) is 10.2 Å². The van der Waals surface area contributed by atoms with Crippen LogP contribution in [-0.4, -0.2) is 43.0 Å². The second-order valence-corrected chi connectivity index (χ2v) is 7.57. The number of halogens is 1. The van der Waals surface area contributed by atoms with Crippen LogP contribution in [0.2, 0.25) is 0 Å². The predicted octanol–water partition coefficient (Wildman–Crippen LogP) is 3.17. The van der Waals surface area contributed by atoms with E-state index in [1.54, 1.807) is 31.4 Å². The molecule has 1 heterocycles. The summed E-state index contributed by atoms with van der Waals surface area (Å²) in [7, 11) is 1.58. The number of nitrogens with one attached hydrogen (secondary N) is 1. The Kier molecular flexibility index (Phi) is 8.69. The maximum Gasteiger partial charge on any atom is 0.252 e. The molecule has 0 spiro atoms. The molecule has 0 aliphatic carbocycles. The molecule has 2 amide bonds. The summed E-state index contributed by atoms with van der Waals surface area (Å²) in [6, 6.07) is 15.6. The predicted molar refractivity (Wildman–Crippen MR) is 120 cm³/mol. The number of benzene rings is 2. The number of methoxy groups -OCH3 is 1. The first-order valence-electron chi connectivity index (χ1n) is 10.0. The number of carbonyl (C=O) groups excluding carboxylic acids is 2. The maximum absolute atomic E-state index is 13.3. The fourth-order valence-corrected chi connectivity index (χ4v) is 3.72. The van der Waals surface area contributed by atoms with Gasteiger partial charge in [-0.25, -0.2) is 0 Å². The molecule has 0 radical (unpaired) electrons. The zero-order valence-corrected chi connectivity index (χ0v) is 18.2. The SMILES string of the molecule is COc1ccc(C(=O)NC(C(=O)N2CCC(C(C)N)CC2)c2ccccc2)cc1.Cl. The van der Waals surface area contributed by atoms with E-state index in [2.05, 4.69) is 5.32 Å². The van der Waals surface area contributed by atoms with Gasteiger partial charge in [0.15, 0.2) is 0 Å². The molecule has 2 atom stereocenters. The largest absolute Gasteiger partial charge is 0.497 e. The quantitative estimate of drug-likeness (QED) is 0.735. The molecule has 3 N–H and O–H groups in total. The van der Waals surface area contributed by atoms with Crippen LogP contribution in [0.5, 0.6) is 5.75 Å². The topological polar surface area (TPSA) is 84.7 Å². The molecular formula is C23H30ClN3O3. The van der Waals surface area contributed by atoms with Crippen LogP contribution < -0.4 is 15.8 Å². The van der Waals surface area contributed by atoms with Crippen LogP contribution in [0.3, 0.4) is 0 Å². The number of nitrogens with two attached hydrogens (primary N) is 1. The smallest absolute Gasteiger partial charge is 0.252 e. The summed E-state index contributed by atoms with van der Waals surface area (Å²) >= 11 is 0. The lowest BCUT2D eigenvalue weighted by molar-refractivity contribution is -0.134. The van der Waals surface area contributed by atoms with Crippen LogP contribution in [0.4, 0.5) is 0 Å². The molecule has 1 aliphatic rings. The molecule has 30 heavy (non-hydrogen) atoms. The zero-order valence-electron chi connectivity index (χ0n) is 17.4. The maximum atomic E-state index is 13.3. The number of ether oxygens (including phenoxy) is 1. The molecule has 7 heteroatoms. The first-order chi connectivity index (χ1) is 14.0. The van der Waals surface area contributed by atoms with E-state index in [-0.39, 0.29) is 30.3 Å². The Morgan fingerprint density at radius 1 is 1.07 bits per heavy atom. The Morgan fingerprint density at radius 3 is 2.20 bits per heavy atom. The fraction of sp³-hybridized carbons (Fsp3) is 0.391. The van der Waals surface area contributed by atoms with Crippen molar-refractivity contribution in [3.8, 4) is 5.75 Å². The second kappa shape index (κ2) is 11.0. The second-order valence-electron chi connectivity index (χ2n) is 7.57. The summed E-state index contributed by atoms with van der Waals surface area (Å²) in [5.41, 5.74) is 7.27. The van der Waals surface area contributed by atoms with Gasteiger partial charge >= 0.3 is 0 Å². The summed E-state index contributed by atoms with van der Waals surface area (Å²) in [4.78, 5) is 28.0. The first-order valence-corrected chi connectivity index (χ1v) is 10.0. The van der Waals surface area contributed by atoms with Gasteiger partial charge in [0.05, 0.1) is 7.11 Å². The Balaban J connectivity index is 0.00000320. The van der Waals surface area contributed by atoms with Crippen molar-refractivity contribution in [2.24, 2.45) is 11.7 Å². The van der Waals surface area contributed by atoms with E-state index in [0.717, 1.165) is 18.4 Å². The van der Waals surface area contributed by atoms with E-state index >= 15 is 0 Å². The van der Waals surface area contributed by atoms with Crippen LogP contribution >= 0.6 is 12.4 Å². The van der Waals surface area contributed by atoms with Crippen LogP contribution in [0.15, 0.2) is 54.6 Å². The van der Waals surface area contributed by atoms with Crippen LogP contribution in [0, 0.1) is 5.92 Å². The van der Waals surface area contributed by atoms with Crippen LogP contribution in [0.1, 0.15) is 41.7 Å². The number of amides is 2. The van der Waals surface area contributed by atoms with Gasteiger partial charge in [-0.05, 0) is 55.5 Å². The van der Waals surface area contributed by atoms with Crippen molar-refractivity contribution < 1.29 is 14.3 Å². The number of nitrogens with zero attached hydrogens (tertiary/aromatic N) is 1. The number of piperidine rings is 1. The number of likely N-dealkylation sites (tertiary alicyclic amines) is 1. The molecule has 162 valence electrons. The number of hydrogen-bond donors (Lipinski definition) is 2. The lowest BCUT2D eigenvalue weighted by atomic mass is 9.90. The normalized spacial score (nSPS) is 16.2. The van der Waals surface area contributed by atoms with Crippen molar-refractivity contribution in [1.29, 1.82) is 0 Å². The van der Waals surface area contributed by atoms with E-state index < -0.39 is 6.04 Å². The highest BCUT2D eigenvalue weighted by Gasteiger charge is 2.31. The van der Waals surface area contributed by atoms with E-state index in [9.17, 15) is 9.59 Å². The molecule has 1 aliphatic heterocycles. The summed E-state index contributed by atoms with van der Waals surface area (Å²) in [5, 5.41) is 2.92. The van der Waals surface area contributed by atoms with Gasteiger partial charge in [0.2, 0.25) is 5.91 Å². The molecule has 0 aromatic heterocycles. The Morgan fingerprint density at radius 2 is 1.67 bits per heavy atom. The lowest BCUT2D eigenvalue weighted by Gasteiger charge is -2.35. The van der Waals surface area contributed by atoms with Gasteiger partial charge < -0.3 is 20.7 Å². The summed E-state index contributed by atoms with van der Waals surface area (Å²) < 4.78 is 5.14. The van der Waals surface area contributed by atoms with Gasteiger partial charge in [0, 0.05) is 24.7 Å². The van der Waals surface area contributed by atoms with E-state index in [0.29, 0.717) is 30.3 Å². The molecule has 1 fully saturated rings.